The van der Waals surface area contributed by atoms with Gasteiger partial charge in [-0.2, -0.15) is 5.10 Å². The fraction of sp³-hybridized carbons (Fsp3) is 0.591. The summed E-state index contributed by atoms with van der Waals surface area (Å²) in [5, 5.41) is 11.6. The number of hydrogen-bond acceptors (Lipinski definition) is 5. The number of aryl methyl sites for hydroxylation is 1. The Hall–Kier alpha value is -2.61. The van der Waals surface area contributed by atoms with Crippen LogP contribution in [0.4, 0.5) is 5.69 Å². The van der Waals surface area contributed by atoms with Crippen LogP contribution < -0.4 is 15.5 Å². The number of anilines is 1. The Morgan fingerprint density at radius 2 is 2.20 bits per heavy atom. The van der Waals surface area contributed by atoms with E-state index in [1.54, 1.807) is 7.11 Å². The highest BCUT2D eigenvalue weighted by Crippen LogP contribution is 2.29. The summed E-state index contributed by atoms with van der Waals surface area (Å²) in [4.78, 5) is 11.9. The van der Waals surface area contributed by atoms with E-state index in [2.05, 4.69) is 63.7 Å². The first-order chi connectivity index (χ1) is 14.7. The molecule has 30 heavy (non-hydrogen) atoms. The van der Waals surface area contributed by atoms with Crippen LogP contribution in [0.2, 0.25) is 0 Å². The van der Waals surface area contributed by atoms with E-state index in [0.29, 0.717) is 12.6 Å². The molecule has 162 valence electrons. The predicted octanol–water partition coefficient (Wildman–Crippen LogP) is 1.75. The number of benzene rings is 1. The molecule has 0 radical (unpaired) electrons. The van der Waals surface area contributed by atoms with Crippen molar-refractivity contribution in [1.82, 2.24) is 25.4 Å². The van der Waals surface area contributed by atoms with Crippen molar-refractivity contribution >= 4 is 11.6 Å². The topological polar surface area (TPSA) is 79.6 Å². The van der Waals surface area contributed by atoms with Gasteiger partial charge >= 0.3 is 0 Å². The largest absolute Gasteiger partial charge is 0.377 e. The molecule has 8 nitrogen and oxygen atoms in total. The fourth-order valence-corrected chi connectivity index (χ4v) is 4.33. The molecule has 0 spiro atoms. The average Bonchev–Trinajstić information content (AvgIpc) is 3.35. The molecule has 2 aliphatic heterocycles. The molecule has 8 heteroatoms. The molecule has 0 amide bonds. The van der Waals surface area contributed by atoms with Crippen molar-refractivity contribution in [1.29, 1.82) is 0 Å². The number of rotatable bonds is 7. The molecule has 2 aliphatic rings. The average molecular weight is 412 g/mol. The lowest BCUT2D eigenvalue weighted by Gasteiger charge is -2.28. The molecule has 2 unspecified atom stereocenters. The number of guanidine groups is 1. The lowest BCUT2D eigenvalue weighted by molar-refractivity contribution is 0.177. The molecule has 2 aromatic rings. The predicted molar refractivity (Wildman–Crippen MR) is 119 cm³/mol. The maximum Gasteiger partial charge on any atom is 0.191 e. The first-order valence-electron chi connectivity index (χ1n) is 11.0. The molecule has 2 N–H and O–H groups in total. The van der Waals surface area contributed by atoms with E-state index >= 15 is 0 Å². The Morgan fingerprint density at radius 3 is 3.03 bits per heavy atom. The summed E-state index contributed by atoms with van der Waals surface area (Å²) in [5.41, 5.74) is 2.80. The second-order valence-electron chi connectivity index (χ2n) is 8.08. The molecule has 1 aromatic heterocycles. The Morgan fingerprint density at radius 1 is 1.33 bits per heavy atom. The van der Waals surface area contributed by atoms with Crippen LogP contribution in [0.25, 0.3) is 0 Å². The summed E-state index contributed by atoms with van der Waals surface area (Å²) in [7, 11) is 1.67. The van der Waals surface area contributed by atoms with Crippen molar-refractivity contribution in [2.45, 2.75) is 58.3 Å². The highest BCUT2D eigenvalue weighted by atomic mass is 16.5. The van der Waals surface area contributed by atoms with E-state index in [0.717, 1.165) is 63.0 Å². The molecule has 0 saturated heterocycles. The SMILES string of the molecule is CCNC(=NCC(C)N1CCc2ccccc21)NC1CCc2nc(COC)nn2C1. The summed E-state index contributed by atoms with van der Waals surface area (Å²) in [6.07, 6.45) is 3.05. The zero-order valence-corrected chi connectivity index (χ0v) is 18.3. The third kappa shape index (κ3) is 4.59. The smallest absolute Gasteiger partial charge is 0.191 e. The van der Waals surface area contributed by atoms with Crippen LogP contribution in [0.5, 0.6) is 0 Å². The van der Waals surface area contributed by atoms with E-state index < -0.39 is 0 Å². The number of aromatic nitrogens is 3. The highest BCUT2D eigenvalue weighted by molar-refractivity contribution is 5.80. The number of fused-ring (bicyclic) bond motifs is 2. The van der Waals surface area contributed by atoms with Gasteiger partial charge in [-0.05, 0) is 38.3 Å². The second-order valence-corrected chi connectivity index (χ2v) is 8.08. The van der Waals surface area contributed by atoms with Crippen LogP contribution in [-0.4, -0.2) is 59.6 Å². The van der Waals surface area contributed by atoms with Crippen LogP contribution in [-0.2, 0) is 30.7 Å². The van der Waals surface area contributed by atoms with E-state index in [1.165, 1.54) is 11.3 Å². The monoisotopic (exact) mass is 411 g/mol. The van der Waals surface area contributed by atoms with Gasteiger partial charge in [-0.25, -0.2) is 9.67 Å². The normalized spacial score (nSPS) is 19.4. The zero-order valence-electron chi connectivity index (χ0n) is 18.3. The number of hydrogen-bond donors (Lipinski definition) is 2. The quantitative estimate of drug-likeness (QED) is 0.534. The van der Waals surface area contributed by atoms with Crippen molar-refractivity contribution in [2.24, 2.45) is 4.99 Å². The van der Waals surface area contributed by atoms with Gasteiger partial charge in [0.15, 0.2) is 11.8 Å². The molecule has 0 aliphatic carbocycles. The van der Waals surface area contributed by atoms with Gasteiger partial charge in [0.25, 0.3) is 0 Å². The molecule has 0 fully saturated rings. The van der Waals surface area contributed by atoms with Crippen LogP contribution in [0.15, 0.2) is 29.3 Å². The Kier molecular flexibility index (Phi) is 6.52. The maximum atomic E-state index is 5.16. The molecule has 4 rings (SSSR count). The van der Waals surface area contributed by atoms with Crippen LogP contribution in [0.1, 0.15) is 37.5 Å². The molecule has 1 aromatic carbocycles. The van der Waals surface area contributed by atoms with Gasteiger partial charge in [0.2, 0.25) is 0 Å². The van der Waals surface area contributed by atoms with Crippen molar-refractivity contribution in [3.8, 4) is 0 Å². The fourth-order valence-electron chi connectivity index (χ4n) is 4.33. The number of ether oxygens (including phenoxy) is 1. The minimum absolute atomic E-state index is 0.287. The van der Waals surface area contributed by atoms with E-state index in [4.69, 9.17) is 9.73 Å². The summed E-state index contributed by atoms with van der Waals surface area (Å²) in [6.45, 7) is 8.28. The number of para-hydroxylation sites is 1. The summed E-state index contributed by atoms with van der Waals surface area (Å²) >= 11 is 0. The molecule has 3 heterocycles. The first-order valence-corrected chi connectivity index (χ1v) is 11.0. The summed E-state index contributed by atoms with van der Waals surface area (Å²) in [6, 6.07) is 9.35. The first kappa shape index (κ1) is 20.7. The minimum atomic E-state index is 0.287. The molecule has 2 atom stereocenters. The van der Waals surface area contributed by atoms with E-state index in [-0.39, 0.29) is 6.04 Å². The molecular formula is C22H33N7O. The third-order valence-corrected chi connectivity index (χ3v) is 5.83. The number of methoxy groups -OCH3 is 1. The van der Waals surface area contributed by atoms with Crippen LogP contribution in [0, 0.1) is 0 Å². The van der Waals surface area contributed by atoms with Gasteiger partial charge < -0.3 is 20.3 Å². The van der Waals surface area contributed by atoms with E-state index in [9.17, 15) is 0 Å². The van der Waals surface area contributed by atoms with Crippen molar-refractivity contribution < 1.29 is 4.74 Å². The van der Waals surface area contributed by atoms with Gasteiger partial charge in [-0.1, -0.05) is 18.2 Å². The van der Waals surface area contributed by atoms with Gasteiger partial charge in [0, 0.05) is 44.4 Å². The zero-order chi connectivity index (χ0) is 20.9. The maximum absolute atomic E-state index is 5.16. The Labute approximate surface area is 178 Å². The lowest BCUT2D eigenvalue weighted by atomic mass is 10.1. The summed E-state index contributed by atoms with van der Waals surface area (Å²) < 4.78 is 7.16. The second kappa shape index (κ2) is 9.47. The Bertz CT molecular complexity index is 878. The molecular weight excluding hydrogens is 378 g/mol. The lowest BCUT2D eigenvalue weighted by Crippen LogP contribution is -2.47. The Balaban J connectivity index is 1.37. The van der Waals surface area contributed by atoms with Crippen molar-refractivity contribution in [3.05, 3.63) is 41.5 Å². The van der Waals surface area contributed by atoms with Crippen LogP contribution in [0.3, 0.4) is 0 Å². The number of aliphatic imine (C=N–C) groups is 1. The third-order valence-electron chi connectivity index (χ3n) is 5.83. The molecule has 0 bridgehead atoms. The van der Waals surface area contributed by atoms with E-state index in [1.807, 2.05) is 4.68 Å². The van der Waals surface area contributed by atoms with Gasteiger partial charge in [-0.15, -0.1) is 0 Å². The van der Waals surface area contributed by atoms with Crippen molar-refractivity contribution in [2.75, 3.05) is 31.6 Å². The standard InChI is InChI=1S/C22H33N7O/c1-4-23-22(24-13-16(2)28-12-11-17-7-5-6-8-19(17)28)25-18-9-10-21-26-20(15-30-3)27-29(21)14-18/h5-8,16,18H,4,9-15H2,1-3H3,(H2,23,24,25). The van der Waals surface area contributed by atoms with Crippen LogP contribution >= 0.6 is 0 Å². The van der Waals surface area contributed by atoms with Gasteiger partial charge in [0.05, 0.1) is 13.1 Å². The molecule has 0 saturated carbocycles. The highest BCUT2D eigenvalue weighted by Gasteiger charge is 2.24. The van der Waals surface area contributed by atoms with Gasteiger partial charge in [0.1, 0.15) is 12.4 Å². The van der Waals surface area contributed by atoms with Gasteiger partial charge in [-0.3, -0.25) is 4.99 Å². The number of nitrogens with one attached hydrogen (secondary N) is 2. The van der Waals surface area contributed by atoms with Crippen molar-refractivity contribution in [3.63, 3.8) is 0 Å². The number of nitrogens with zero attached hydrogens (tertiary/aromatic N) is 5. The summed E-state index contributed by atoms with van der Waals surface area (Å²) in [5.74, 6) is 2.68. The minimum Gasteiger partial charge on any atom is -0.377 e.